The summed E-state index contributed by atoms with van der Waals surface area (Å²) in [6.45, 7) is 2.03. The highest BCUT2D eigenvalue weighted by Crippen LogP contribution is 2.26. The molecule has 2 rings (SSSR count). The fourth-order valence-electron chi connectivity index (χ4n) is 2.12. The number of carboxylic acid groups (broad SMARTS) is 1. The van der Waals surface area contributed by atoms with Gasteiger partial charge >= 0.3 is 5.97 Å². The van der Waals surface area contributed by atoms with E-state index < -0.39 is 11.8 Å². The van der Waals surface area contributed by atoms with Gasteiger partial charge in [-0.1, -0.05) is 35.0 Å². The number of aromatic carboxylic acids is 1. The number of benzene rings is 2. The zero-order valence-electron chi connectivity index (χ0n) is 11.4. The van der Waals surface area contributed by atoms with Gasteiger partial charge in [-0.3, -0.25) is 0 Å². The molecule has 2 N–H and O–H groups in total. The molecule has 1 atom stereocenters. The molecule has 3 nitrogen and oxygen atoms in total. The standard InChI is InChI=1S/C16H15BrFNO2/c1-2-15(10-4-3-5-11(17)8-10)19-12-6-7-14(18)13(9-12)16(20)21/h3-9,15,19H,2H2,1H3,(H,20,21). The molecule has 1 unspecified atom stereocenters. The lowest BCUT2D eigenvalue weighted by Crippen LogP contribution is -2.11. The van der Waals surface area contributed by atoms with Crippen LogP contribution < -0.4 is 5.32 Å². The van der Waals surface area contributed by atoms with Crippen molar-refractivity contribution in [2.24, 2.45) is 0 Å². The predicted molar refractivity (Wildman–Crippen MR) is 84.2 cm³/mol. The van der Waals surface area contributed by atoms with Gasteiger partial charge in [0.25, 0.3) is 0 Å². The molecule has 0 aromatic heterocycles. The highest BCUT2D eigenvalue weighted by Gasteiger charge is 2.14. The molecule has 0 aliphatic heterocycles. The van der Waals surface area contributed by atoms with Crippen LogP contribution in [0.5, 0.6) is 0 Å². The lowest BCUT2D eigenvalue weighted by Gasteiger charge is -2.19. The molecule has 21 heavy (non-hydrogen) atoms. The van der Waals surface area contributed by atoms with E-state index in [1.165, 1.54) is 12.1 Å². The van der Waals surface area contributed by atoms with E-state index in [-0.39, 0.29) is 11.6 Å². The second-order valence-electron chi connectivity index (χ2n) is 4.66. The third-order valence-corrected chi connectivity index (χ3v) is 3.69. The van der Waals surface area contributed by atoms with Crippen molar-refractivity contribution in [3.05, 3.63) is 63.9 Å². The van der Waals surface area contributed by atoms with Gasteiger partial charge in [0.2, 0.25) is 0 Å². The van der Waals surface area contributed by atoms with Crippen LogP contribution in [0.2, 0.25) is 0 Å². The molecule has 5 heteroatoms. The van der Waals surface area contributed by atoms with Crippen molar-refractivity contribution in [2.45, 2.75) is 19.4 Å². The Morgan fingerprint density at radius 2 is 2.10 bits per heavy atom. The first kappa shape index (κ1) is 15.5. The molecule has 0 amide bonds. The number of rotatable bonds is 5. The molecule has 0 heterocycles. The minimum Gasteiger partial charge on any atom is -0.478 e. The second kappa shape index (κ2) is 6.72. The average Bonchev–Trinajstić information content (AvgIpc) is 2.46. The van der Waals surface area contributed by atoms with Crippen LogP contribution in [0.3, 0.4) is 0 Å². The van der Waals surface area contributed by atoms with E-state index in [0.29, 0.717) is 5.69 Å². The van der Waals surface area contributed by atoms with Crippen LogP contribution in [-0.4, -0.2) is 11.1 Å². The highest BCUT2D eigenvalue weighted by atomic mass is 79.9. The normalized spacial score (nSPS) is 12.0. The Morgan fingerprint density at radius 3 is 2.71 bits per heavy atom. The van der Waals surface area contributed by atoms with E-state index in [1.54, 1.807) is 6.07 Å². The number of hydrogen-bond donors (Lipinski definition) is 2. The maximum Gasteiger partial charge on any atom is 0.338 e. The summed E-state index contributed by atoms with van der Waals surface area (Å²) in [5, 5.41) is 12.2. The Hall–Kier alpha value is -1.88. The predicted octanol–water partition coefficient (Wildman–Crippen LogP) is 4.85. The van der Waals surface area contributed by atoms with Crippen LogP contribution in [0.4, 0.5) is 10.1 Å². The first-order valence-corrected chi connectivity index (χ1v) is 7.35. The topological polar surface area (TPSA) is 49.3 Å². The Labute approximate surface area is 130 Å². The summed E-state index contributed by atoms with van der Waals surface area (Å²) in [6, 6.07) is 11.9. The zero-order chi connectivity index (χ0) is 15.4. The smallest absolute Gasteiger partial charge is 0.338 e. The molecule has 0 radical (unpaired) electrons. The Morgan fingerprint density at radius 1 is 1.33 bits per heavy atom. The lowest BCUT2D eigenvalue weighted by molar-refractivity contribution is 0.0692. The van der Waals surface area contributed by atoms with Gasteiger partial charge in [0.15, 0.2) is 0 Å². The first-order valence-electron chi connectivity index (χ1n) is 6.56. The number of nitrogens with one attached hydrogen (secondary N) is 1. The lowest BCUT2D eigenvalue weighted by atomic mass is 10.0. The number of hydrogen-bond acceptors (Lipinski definition) is 2. The van der Waals surface area contributed by atoms with Crippen LogP contribution in [0.25, 0.3) is 0 Å². The molecule has 110 valence electrons. The largest absolute Gasteiger partial charge is 0.478 e. The second-order valence-corrected chi connectivity index (χ2v) is 5.58. The van der Waals surface area contributed by atoms with Crippen molar-refractivity contribution in [2.75, 3.05) is 5.32 Å². The Balaban J connectivity index is 2.27. The van der Waals surface area contributed by atoms with E-state index in [2.05, 4.69) is 21.2 Å². The van der Waals surface area contributed by atoms with Crippen molar-refractivity contribution < 1.29 is 14.3 Å². The Kier molecular flexibility index (Phi) is 4.96. The summed E-state index contributed by atoms with van der Waals surface area (Å²) >= 11 is 3.43. The number of carboxylic acids is 1. The molecular weight excluding hydrogens is 337 g/mol. The molecule has 2 aromatic carbocycles. The van der Waals surface area contributed by atoms with Crippen LogP contribution in [0, 0.1) is 5.82 Å². The van der Waals surface area contributed by atoms with Crippen molar-refractivity contribution in [1.82, 2.24) is 0 Å². The quantitative estimate of drug-likeness (QED) is 0.809. The maximum atomic E-state index is 13.4. The molecule has 0 bridgehead atoms. The number of halogens is 2. The fraction of sp³-hybridized carbons (Fsp3) is 0.188. The zero-order valence-corrected chi connectivity index (χ0v) is 13.0. The minimum atomic E-state index is -1.27. The Bertz CT molecular complexity index is 660. The van der Waals surface area contributed by atoms with Gasteiger partial charge in [-0.15, -0.1) is 0 Å². The molecule has 0 aliphatic rings. The van der Waals surface area contributed by atoms with Crippen molar-refractivity contribution in [3.8, 4) is 0 Å². The SMILES string of the molecule is CCC(Nc1ccc(F)c(C(=O)O)c1)c1cccc(Br)c1. The van der Waals surface area contributed by atoms with Crippen LogP contribution >= 0.6 is 15.9 Å². The summed E-state index contributed by atoms with van der Waals surface area (Å²) < 4.78 is 14.4. The van der Waals surface area contributed by atoms with Crippen LogP contribution in [-0.2, 0) is 0 Å². The molecule has 0 saturated carbocycles. The van der Waals surface area contributed by atoms with Crippen molar-refractivity contribution in [1.29, 1.82) is 0 Å². The van der Waals surface area contributed by atoms with E-state index in [4.69, 9.17) is 5.11 Å². The van der Waals surface area contributed by atoms with Gasteiger partial charge in [0.1, 0.15) is 5.82 Å². The van der Waals surface area contributed by atoms with Gasteiger partial charge in [-0.05, 0) is 42.3 Å². The van der Waals surface area contributed by atoms with E-state index >= 15 is 0 Å². The third kappa shape index (κ3) is 3.82. The third-order valence-electron chi connectivity index (χ3n) is 3.20. The maximum absolute atomic E-state index is 13.4. The van der Waals surface area contributed by atoms with E-state index in [0.717, 1.165) is 16.5 Å². The number of anilines is 1. The monoisotopic (exact) mass is 351 g/mol. The van der Waals surface area contributed by atoms with Crippen molar-refractivity contribution >= 4 is 27.6 Å². The van der Waals surface area contributed by atoms with Gasteiger partial charge in [0.05, 0.1) is 11.6 Å². The minimum absolute atomic E-state index is 0.0228. The first-order chi connectivity index (χ1) is 10.0. The molecular formula is C16H15BrFNO2. The average molecular weight is 352 g/mol. The molecule has 0 aliphatic carbocycles. The van der Waals surface area contributed by atoms with Gasteiger partial charge in [-0.25, -0.2) is 9.18 Å². The van der Waals surface area contributed by atoms with E-state index in [1.807, 2.05) is 31.2 Å². The van der Waals surface area contributed by atoms with Crippen LogP contribution in [0.1, 0.15) is 35.3 Å². The summed E-state index contributed by atoms with van der Waals surface area (Å²) in [7, 11) is 0. The summed E-state index contributed by atoms with van der Waals surface area (Å²) in [5.41, 5.74) is 1.33. The van der Waals surface area contributed by atoms with Gasteiger partial charge < -0.3 is 10.4 Å². The summed E-state index contributed by atoms with van der Waals surface area (Å²) in [6.07, 6.45) is 0.816. The van der Waals surface area contributed by atoms with Gasteiger partial charge in [-0.2, -0.15) is 0 Å². The highest BCUT2D eigenvalue weighted by molar-refractivity contribution is 9.10. The summed E-state index contributed by atoms with van der Waals surface area (Å²) in [5.74, 6) is -2.00. The van der Waals surface area contributed by atoms with Gasteiger partial charge in [0, 0.05) is 10.2 Å². The molecule has 0 saturated heterocycles. The fourth-order valence-corrected chi connectivity index (χ4v) is 2.54. The molecule has 2 aromatic rings. The summed E-state index contributed by atoms with van der Waals surface area (Å²) in [4.78, 5) is 11.0. The van der Waals surface area contributed by atoms with E-state index in [9.17, 15) is 9.18 Å². The number of carbonyl (C=O) groups is 1. The molecule has 0 spiro atoms. The molecule has 0 fully saturated rings. The van der Waals surface area contributed by atoms with Crippen LogP contribution in [0.15, 0.2) is 46.9 Å². The van der Waals surface area contributed by atoms with Crippen molar-refractivity contribution in [3.63, 3.8) is 0 Å².